The van der Waals surface area contributed by atoms with Crippen LogP contribution in [0.5, 0.6) is 0 Å². The molecule has 0 radical (unpaired) electrons. The molecule has 18 heavy (non-hydrogen) atoms. The lowest BCUT2D eigenvalue weighted by molar-refractivity contribution is 0.530. The topological polar surface area (TPSA) is 72.2 Å². The molecule has 1 aromatic rings. The van der Waals surface area contributed by atoms with Gasteiger partial charge in [-0.3, -0.25) is 0 Å². The van der Waals surface area contributed by atoms with E-state index in [0.29, 0.717) is 12.2 Å². The van der Waals surface area contributed by atoms with E-state index < -0.39 is 10.0 Å². The molecule has 0 atom stereocenters. The smallest absolute Gasteiger partial charge is 0.240 e. The molecule has 5 heteroatoms. The summed E-state index contributed by atoms with van der Waals surface area (Å²) in [5, 5.41) is 0. The number of rotatable bonds is 4. The fraction of sp³-hybridized carbons (Fsp3) is 0.538. The number of nitrogens with one attached hydrogen (secondary N) is 1. The van der Waals surface area contributed by atoms with Gasteiger partial charge in [-0.05, 0) is 55.4 Å². The Balaban J connectivity index is 2.24. The number of anilines is 1. The van der Waals surface area contributed by atoms with E-state index >= 15 is 0 Å². The molecule has 0 aromatic heterocycles. The van der Waals surface area contributed by atoms with Gasteiger partial charge < -0.3 is 5.73 Å². The summed E-state index contributed by atoms with van der Waals surface area (Å²) >= 11 is 0. The van der Waals surface area contributed by atoms with Crippen LogP contribution in [0.1, 0.15) is 30.9 Å². The van der Waals surface area contributed by atoms with Gasteiger partial charge >= 0.3 is 0 Å². The summed E-state index contributed by atoms with van der Waals surface area (Å²) in [6, 6.07) is 3.20. The Morgan fingerprint density at radius 1 is 1.33 bits per heavy atom. The van der Waals surface area contributed by atoms with Crippen molar-refractivity contribution in [3.63, 3.8) is 0 Å². The van der Waals surface area contributed by atoms with Crippen molar-refractivity contribution < 1.29 is 8.42 Å². The van der Waals surface area contributed by atoms with Crippen LogP contribution < -0.4 is 10.5 Å². The van der Waals surface area contributed by atoms with E-state index in [1.807, 2.05) is 13.8 Å². The molecule has 1 fully saturated rings. The van der Waals surface area contributed by atoms with Crippen LogP contribution >= 0.6 is 0 Å². The van der Waals surface area contributed by atoms with Crippen LogP contribution in [0.4, 0.5) is 5.69 Å². The first-order valence-corrected chi connectivity index (χ1v) is 7.58. The van der Waals surface area contributed by atoms with Gasteiger partial charge in [0.05, 0.1) is 4.90 Å². The Hall–Kier alpha value is -1.07. The SMILES string of the molecule is Cc1cc(S(=O)(=O)NCC2(C)CC2)cc(N)c1C. The summed E-state index contributed by atoms with van der Waals surface area (Å²) in [5.41, 5.74) is 8.32. The lowest BCUT2D eigenvalue weighted by atomic mass is 10.1. The van der Waals surface area contributed by atoms with Gasteiger partial charge in [0.2, 0.25) is 10.0 Å². The van der Waals surface area contributed by atoms with Crippen LogP contribution in [0.2, 0.25) is 0 Å². The van der Waals surface area contributed by atoms with Gasteiger partial charge in [0, 0.05) is 12.2 Å². The standard InChI is InChI=1S/C13H20N2O2S/c1-9-6-11(7-12(14)10(9)2)18(16,17)15-8-13(3)4-5-13/h6-7,15H,4-5,8,14H2,1-3H3. The molecule has 2 rings (SSSR count). The summed E-state index contributed by atoms with van der Waals surface area (Å²) in [7, 11) is -3.45. The third-order valence-electron chi connectivity index (χ3n) is 3.78. The van der Waals surface area contributed by atoms with Crippen LogP contribution in [0.25, 0.3) is 0 Å². The molecule has 0 amide bonds. The minimum absolute atomic E-state index is 0.151. The Morgan fingerprint density at radius 2 is 1.94 bits per heavy atom. The van der Waals surface area contributed by atoms with E-state index in [9.17, 15) is 8.42 Å². The largest absolute Gasteiger partial charge is 0.398 e. The van der Waals surface area contributed by atoms with Gasteiger partial charge in [0.1, 0.15) is 0 Å². The summed E-state index contributed by atoms with van der Waals surface area (Å²) in [6.07, 6.45) is 2.18. The molecule has 0 heterocycles. The predicted octanol–water partition coefficient (Wildman–Crippen LogP) is 1.96. The molecule has 0 aliphatic heterocycles. The highest BCUT2D eigenvalue weighted by Gasteiger charge is 2.38. The minimum Gasteiger partial charge on any atom is -0.398 e. The van der Waals surface area contributed by atoms with Gasteiger partial charge in [-0.15, -0.1) is 0 Å². The quantitative estimate of drug-likeness (QED) is 0.820. The predicted molar refractivity (Wildman–Crippen MR) is 72.9 cm³/mol. The Bertz CT molecular complexity index is 552. The molecule has 1 saturated carbocycles. The van der Waals surface area contributed by atoms with Crippen molar-refractivity contribution in [2.24, 2.45) is 5.41 Å². The third kappa shape index (κ3) is 2.67. The Morgan fingerprint density at radius 3 is 2.44 bits per heavy atom. The van der Waals surface area contributed by atoms with Gasteiger partial charge in [0.25, 0.3) is 0 Å². The Kier molecular flexibility index (Phi) is 3.15. The number of nitrogen functional groups attached to an aromatic ring is 1. The molecule has 3 N–H and O–H groups in total. The van der Waals surface area contributed by atoms with E-state index in [1.165, 1.54) is 6.07 Å². The molecule has 100 valence electrons. The second-order valence-corrected chi connectivity index (χ2v) is 7.36. The molecule has 0 spiro atoms. The van der Waals surface area contributed by atoms with Crippen LogP contribution in [0.15, 0.2) is 17.0 Å². The number of hydrogen-bond acceptors (Lipinski definition) is 3. The summed E-state index contributed by atoms with van der Waals surface area (Å²) in [5.74, 6) is 0. The van der Waals surface area contributed by atoms with Crippen LogP contribution in [0.3, 0.4) is 0 Å². The van der Waals surface area contributed by atoms with Gasteiger partial charge in [-0.1, -0.05) is 6.92 Å². The zero-order valence-corrected chi connectivity index (χ0v) is 11.9. The molecular weight excluding hydrogens is 248 g/mol. The first-order chi connectivity index (χ1) is 8.23. The maximum atomic E-state index is 12.2. The lowest BCUT2D eigenvalue weighted by Crippen LogP contribution is -2.29. The number of benzene rings is 1. The zero-order chi connectivity index (χ0) is 13.6. The third-order valence-corrected chi connectivity index (χ3v) is 5.16. The maximum absolute atomic E-state index is 12.2. The number of aryl methyl sites for hydroxylation is 1. The van der Waals surface area contributed by atoms with Crippen LogP contribution in [0, 0.1) is 19.3 Å². The van der Waals surface area contributed by atoms with Crippen molar-refractivity contribution in [3.05, 3.63) is 23.3 Å². The molecule has 0 saturated heterocycles. The van der Waals surface area contributed by atoms with E-state index in [-0.39, 0.29) is 10.3 Å². The van der Waals surface area contributed by atoms with E-state index in [0.717, 1.165) is 24.0 Å². The highest BCUT2D eigenvalue weighted by Crippen LogP contribution is 2.44. The fourth-order valence-corrected chi connectivity index (χ4v) is 3.07. The maximum Gasteiger partial charge on any atom is 0.240 e. The van der Waals surface area contributed by atoms with Crippen molar-refractivity contribution in [2.75, 3.05) is 12.3 Å². The van der Waals surface area contributed by atoms with Crippen molar-refractivity contribution in [1.29, 1.82) is 0 Å². The van der Waals surface area contributed by atoms with Gasteiger partial charge in [-0.25, -0.2) is 13.1 Å². The van der Waals surface area contributed by atoms with E-state index in [2.05, 4.69) is 11.6 Å². The van der Waals surface area contributed by atoms with Crippen molar-refractivity contribution in [2.45, 2.75) is 38.5 Å². The average molecular weight is 268 g/mol. The van der Waals surface area contributed by atoms with Crippen molar-refractivity contribution >= 4 is 15.7 Å². The molecule has 1 aromatic carbocycles. The highest BCUT2D eigenvalue weighted by molar-refractivity contribution is 7.89. The minimum atomic E-state index is -3.45. The average Bonchev–Trinajstić information content (AvgIpc) is 3.02. The molecule has 0 bridgehead atoms. The first kappa shape index (κ1) is 13.4. The normalized spacial score (nSPS) is 17.7. The van der Waals surface area contributed by atoms with Crippen LogP contribution in [-0.2, 0) is 10.0 Å². The molecule has 4 nitrogen and oxygen atoms in total. The van der Waals surface area contributed by atoms with Crippen molar-refractivity contribution in [3.8, 4) is 0 Å². The summed E-state index contributed by atoms with van der Waals surface area (Å²) < 4.78 is 27.0. The summed E-state index contributed by atoms with van der Waals surface area (Å²) in [4.78, 5) is 0.257. The summed E-state index contributed by atoms with van der Waals surface area (Å²) in [6.45, 7) is 6.35. The second-order valence-electron chi connectivity index (χ2n) is 5.59. The van der Waals surface area contributed by atoms with E-state index in [4.69, 9.17) is 5.73 Å². The zero-order valence-electron chi connectivity index (χ0n) is 11.1. The first-order valence-electron chi connectivity index (χ1n) is 6.10. The van der Waals surface area contributed by atoms with Crippen LogP contribution in [-0.4, -0.2) is 15.0 Å². The Labute approximate surface area is 109 Å². The van der Waals surface area contributed by atoms with Crippen molar-refractivity contribution in [1.82, 2.24) is 4.72 Å². The number of hydrogen-bond donors (Lipinski definition) is 2. The number of sulfonamides is 1. The molecule has 1 aliphatic carbocycles. The molecule has 0 unspecified atom stereocenters. The van der Waals surface area contributed by atoms with Gasteiger partial charge in [0.15, 0.2) is 0 Å². The van der Waals surface area contributed by atoms with Gasteiger partial charge in [-0.2, -0.15) is 0 Å². The highest BCUT2D eigenvalue weighted by atomic mass is 32.2. The lowest BCUT2D eigenvalue weighted by Gasteiger charge is -2.13. The number of nitrogens with two attached hydrogens (primary N) is 1. The molecule has 1 aliphatic rings. The van der Waals surface area contributed by atoms with E-state index in [1.54, 1.807) is 6.07 Å². The monoisotopic (exact) mass is 268 g/mol. The fourth-order valence-electron chi connectivity index (χ4n) is 1.75. The molecular formula is C13H20N2O2S. The second kappa shape index (κ2) is 4.24.